The molecule has 0 saturated heterocycles. The number of aryl methyl sites for hydroxylation is 1. The molecule has 1 rings (SSSR count). The summed E-state index contributed by atoms with van der Waals surface area (Å²) in [6.45, 7) is 1.46. The number of hydrazone groups is 1. The number of pyridine rings is 1. The first kappa shape index (κ1) is 13.9. The highest BCUT2D eigenvalue weighted by Gasteiger charge is 2.09. The normalized spacial score (nSPS) is 10.8. The highest BCUT2D eigenvalue weighted by atomic mass is 32.2. The SMILES string of the molecule is CSC(=S)NN=Cc1c(CO)cnc(C)c1O. The predicted octanol–water partition coefficient (Wildman–Crippen LogP) is 1.16. The number of nitrogens with zero attached hydrogens (tertiary/aromatic N) is 2. The van der Waals surface area contributed by atoms with E-state index >= 15 is 0 Å². The third-order valence-electron chi connectivity index (χ3n) is 2.06. The summed E-state index contributed by atoms with van der Waals surface area (Å²) < 4.78 is 0.525. The monoisotopic (exact) mass is 271 g/mol. The van der Waals surface area contributed by atoms with Crippen molar-refractivity contribution in [3.05, 3.63) is 23.0 Å². The Morgan fingerprint density at radius 2 is 2.41 bits per heavy atom. The Labute approximate surface area is 109 Å². The third-order valence-corrected chi connectivity index (χ3v) is 3.12. The van der Waals surface area contributed by atoms with Gasteiger partial charge in [-0.2, -0.15) is 5.10 Å². The second kappa shape index (κ2) is 6.53. The van der Waals surface area contributed by atoms with E-state index in [0.29, 0.717) is 21.1 Å². The third kappa shape index (κ3) is 3.65. The molecule has 0 aliphatic rings. The minimum atomic E-state index is -0.213. The van der Waals surface area contributed by atoms with Gasteiger partial charge in [-0.05, 0) is 13.2 Å². The van der Waals surface area contributed by atoms with E-state index in [2.05, 4.69) is 15.5 Å². The second-order valence-electron chi connectivity index (χ2n) is 3.15. The van der Waals surface area contributed by atoms with E-state index in [1.807, 2.05) is 6.26 Å². The lowest BCUT2D eigenvalue weighted by Crippen LogP contribution is -2.10. The molecular formula is C10H13N3O2S2. The summed E-state index contributed by atoms with van der Waals surface area (Å²) >= 11 is 6.26. The maximum atomic E-state index is 9.80. The topological polar surface area (TPSA) is 77.7 Å². The van der Waals surface area contributed by atoms with Crippen LogP contribution in [0.4, 0.5) is 0 Å². The van der Waals surface area contributed by atoms with Gasteiger partial charge in [-0.15, -0.1) is 0 Å². The molecule has 0 amide bonds. The van der Waals surface area contributed by atoms with Gasteiger partial charge in [-0.25, -0.2) is 0 Å². The van der Waals surface area contributed by atoms with Gasteiger partial charge in [0.2, 0.25) is 0 Å². The number of hydrogen-bond donors (Lipinski definition) is 3. The molecular weight excluding hydrogens is 258 g/mol. The molecule has 0 atom stereocenters. The van der Waals surface area contributed by atoms with E-state index in [1.165, 1.54) is 24.2 Å². The highest BCUT2D eigenvalue weighted by Crippen LogP contribution is 2.21. The van der Waals surface area contributed by atoms with Crippen LogP contribution in [-0.4, -0.2) is 32.0 Å². The van der Waals surface area contributed by atoms with Crippen LogP contribution in [0.25, 0.3) is 0 Å². The van der Waals surface area contributed by atoms with Crippen LogP contribution in [0.5, 0.6) is 5.75 Å². The lowest BCUT2D eigenvalue weighted by atomic mass is 10.1. The molecule has 1 heterocycles. The van der Waals surface area contributed by atoms with Gasteiger partial charge in [0, 0.05) is 17.3 Å². The van der Waals surface area contributed by atoms with E-state index in [-0.39, 0.29) is 12.4 Å². The van der Waals surface area contributed by atoms with Gasteiger partial charge in [-0.1, -0.05) is 24.0 Å². The quantitative estimate of drug-likeness (QED) is 0.435. The van der Waals surface area contributed by atoms with E-state index in [9.17, 15) is 5.11 Å². The van der Waals surface area contributed by atoms with E-state index < -0.39 is 0 Å². The van der Waals surface area contributed by atoms with Crippen LogP contribution in [0.15, 0.2) is 11.3 Å². The summed E-state index contributed by atoms with van der Waals surface area (Å²) in [6, 6.07) is 0. The molecule has 0 spiro atoms. The van der Waals surface area contributed by atoms with Crippen molar-refractivity contribution in [2.75, 3.05) is 6.26 Å². The van der Waals surface area contributed by atoms with Crippen molar-refractivity contribution in [2.24, 2.45) is 5.10 Å². The van der Waals surface area contributed by atoms with Crippen LogP contribution in [0.2, 0.25) is 0 Å². The van der Waals surface area contributed by atoms with Gasteiger partial charge in [0.15, 0.2) is 4.32 Å². The van der Waals surface area contributed by atoms with Crippen LogP contribution >= 0.6 is 24.0 Å². The number of aliphatic hydroxyl groups is 1. The maximum absolute atomic E-state index is 9.80. The number of rotatable bonds is 3. The fraction of sp³-hybridized carbons (Fsp3) is 0.300. The van der Waals surface area contributed by atoms with Crippen molar-refractivity contribution < 1.29 is 10.2 Å². The smallest absolute Gasteiger partial charge is 0.153 e. The largest absolute Gasteiger partial charge is 0.505 e. The summed E-state index contributed by atoms with van der Waals surface area (Å²) in [5, 5.41) is 22.8. The molecule has 0 saturated carbocycles. The summed E-state index contributed by atoms with van der Waals surface area (Å²) in [5.41, 5.74) is 4.06. The van der Waals surface area contributed by atoms with Gasteiger partial charge >= 0.3 is 0 Å². The van der Waals surface area contributed by atoms with Gasteiger partial charge in [0.25, 0.3) is 0 Å². The maximum Gasteiger partial charge on any atom is 0.153 e. The molecule has 0 unspecified atom stereocenters. The first-order valence-corrected chi connectivity index (χ1v) is 6.38. The molecule has 0 fully saturated rings. The fourth-order valence-corrected chi connectivity index (χ4v) is 1.31. The molecule has 0 aromatic carbocycles. The molecule has 17 heavy (non-hydrogen) atoms. The number of thiocarbonyl (C=S) groups is 1. The van der Waals surface area contributed by atoms with Crippen molar-refractivity contribution in [3.63, 3.8) is 0 Å². The first-order chi connectivity index (χ1) is 8.10. The average Bonchev–Trinajstić information content (AvgIpc) is 2.34. The Hall–Kier alpha value is -1.18. The molecule has 5 nitrogen and oxygen atoms in total. The van der Waals surface area contributed by atoms with Crippen LogP contribution in [0.3, 0.4) is 0 Å². The second-order valence-corrected chi connectivity index (χ2v) is 4.63. The Bertz CT molecular complexity index is 449. The van der Waals surface area contributed by atoms with E-state index in [0.717, 1.165) is 0 Å². The van der Waals surface area contributed by atoms with Crippen molar-refractivity contribution in [1.82, 2.24) is 10.4 Å². The minimum absolute atomic E-state index is 0.0113. The Morgan fingerprint density at radius 3 is 3.00 bits per heavy atom. The van der Waals surface area contributed by atoms with E-state index in [1.54, 1.807) is 6.92 Å². The zero-order valence-corrected chi connectivity index (χ0v) is 11.1. The number of aromatic nitrogens is 1. The van der Waals surface area contributed by atoms with Crippen molar-refractivity contribution >= 4 is 34.5 Å². The average molecular weight is 271 g/mol. The van der Waals surface area contributed by atoms with Gasteiger partial charge < -0.3 is 10.2 Å². The number of hydrogen-bond acceptors (Lipinski definition) is 6. The molecule has 0 aliphatic carbocycles. The van der Waals surface area contributed by atoms with Gasteiger partial charge in [0.1, 0.15) is 5.75 Å². The van der Waals surface area contributed by atoms with Crippen molar-refractivity contribution in [1.29, 1.82) is 0 Å². The first-order valence-electron chi connectivity index (χ1n) is 4.75. The van der Waals surface area contributed by atoms with E-state index in [4.69, 9.17) is 17.3 Å². The molecule has 0 bridgehead atoms. The standard InChI is InChI=1S/C10H13N3O2S2/c1-6-9(15)8(7(5-14)3-11-6)4-12-13-10(16)17-2/h3-4,14-15H,5H2,1-2H3,(H,13,16). The molecule has 1 aromatic heterocycles. The number of aromatic hydroxyl groups is 1. The predicted molar refractivity (Wildman–Crippen MR) is 73.4 cm³/mol. The Balaban J connectivity index is 2.96. The van der Waals surface area contributed by atoms with Gasteiger partial charge in [0.05, 0.1) is 18.5 Å². The Kier molecular flexibility index (Phi) is 5.33. The van der Waals surface area contributed by atoms with Crippen molar-refractivity contribution in [3.8, 4) is 5.75 Å². The molecule has 92 valence electrons. The molecule has 0 aliphatic heterocycles. The zero-order valence-electron chi connectivity index (χ0n) is 9.47. The molecule has 1 aromatic rings. The van der Waals surface area contributed by atoms with Crippen LogP contribution in [-0.2, 0) is 6.61 Å². The molecule has 7 heteroatoms. The number of nitrogens with one attached hydrogen (secondary N) is 1. The summed E-state index contributed by atoms with van der Waals surface area (Å²) in [7, 11) is 0. The minimum Gasteiger partial charge on any atom is -0.505 e. The lowest BCUT2D eigenvalue weighted by Gasteiger charge is -2.07. The van der Waals surface area contributed by atoms with Gasteiger partial charge in [-0.3, -0.25) is 10.4 Å². The molecule has 3 N–H and O–H groups in total. The Morgan fingerprint density at radius 1 is 1.71 bits per heavy atom. The van der Waals surface area contributed by atoms with Crippen LogP contribution in [0.1, 0.15) is 16.8 Å². The fourth-order valence-electron chi connectivity index (χ4n) is 1.12. The van der Waals surface area contributed by atoms with Crippen LogP contribution < -0.4 is 5.43 Å². The summed E-state index contributed by atoms with van der Waals surface area (Å²) in [4.78, 5) is 3.95. The highest BCUT2D eigenvalue weighted by molar-refractivity contribution is 8.22. The van der Waals surface area contributed by atoms with Crippen molar-refractivity contribution in [2.45, 2.75) is 13.5 Å². The lowest BCUT2D eigenvalue weighted by molar-refractivity contribution is 0.280. The molecule has 0 radical (unpaired) electrons. The zero-order chi connectivity index (χ0) is 12.8. The number of thioether (sulfide) groups is 1. The summed E-state index contributed by atoms with van der Waals surface area (Å²) in [5.74, 6) is 0.0113. The summed E-state index contributed by atoms with van der Waals surface area (Å²) in [6.07, 6.45) is 4.75. The number of aliphatic hydroxyl groups excluding tert-OH is 1. The van der Waals surface area contributed by atoms with Crippen LogP contribution in [0, 0.1) is 6.92 Å².